The van der Waals surface area contributed by atoms with E-state index in [0.717, 1.165) is 5.56 Å². The third-order valence-electron chi connectivity index (χ3n) is 5.48. The van der Waals surface area contributed by atoms with Crippen LogP contribution >= 0.6 is 0 Å². The minimum Gasteiger partial charge on any atom is -0.497 e. The second-order valence-corrected chi connectivity index (χ2v) is 7.38. The van der Waals surface area contributed by atoms with Crippen molar-refractivity contribution in [1.82, 2.24) is 0 Å². The van der Waals surface area contributed by atoms with Crippen LogP contribution in [0.15, 0.2) is 72.8 Å². The summed E-state index contributed by atoms with van der Waals surface area (Å²) < 4.78 is 21.9. The van der Waals surface area contributed by atoms with Gasteiger partial charge in [-0.25, -0.2) is 4.79 Å². The number of hydrogen-bond acceptors (Lipinski definition) is 6. The summed E-state index contributed by atoms with van der Waals surface area (Å²) in [7, 11) is 3.19. The van der Waals surface area contributed by atoms with Gasteiger partial charge in [-0.15, -0.1) is 0 Å². The van der Waals surface area contributed by atoms with E-state index in [-0.39, 0.29) is 5.91 Å². The number of carbonyl (C=O) groups excluding carboxylic acids is 2. The van der Waals surface area contributed by atoms with Crippen molar-refractivity contribution in [3.63, 3.8) is 0 Å². The van der Waals surface area contributed by atoms with Gasteiger partial charge in [0.25, 0.3) is 5.91 Å². The Labute approximate surface area is 192 Å². The van der Waals surface area contributed by atoms with E-state index in [9.17, 15) is 9.59 Å². The van der Waals surface area contributed by atoms with Crippen LogP contribution in [-0.4, -0.2) is 38.8 Å². The Morgan fingerprint density at radius 1 is 0.879 bits per heavy atom. The summed E-state index contributed by atoms with van der Waals surface area (Å²) in [5.41, 5.74) is 1.90. The molecule has 0 aromatic heterocycles. The third kappa shape index (κ3) is 4.35. The van der Waals surface area contributed by atoms with Crippen LogP contribution in [0, 0.1) is 0 Å². The summed E-state index contributed by atoms with van der Waals surface area (Å²) in [5.74, 6) is 1.33. The fourth-order valence-electron chi connectivity index (χ4n) is 3.85. The van der Waals surface area contributed by atoms with Gasteiger partial charge in [-0.1, -0.05) is 18.2 Å². The lowest BCUT2D eigenvalue weighted by molar-refractivity contribution is -0.135. The summed E-state index contributed by atoms with van der Waals surface area (Å²) in [4.78, 5) is 26.9. The molecule has 33 heavy (non-hydrogen) atoms. The van der Waals surface area contributed by atoms with Crippen LogP contribution < -0.4 is 19.1 Å². The molecule has 0 N–H and O–H groups in total. The number of anilines is 1. The highest BCUT2D eigenvalue weighted by Crippen LogP contribution is 2.44. The van der Waals surface area contributed by atoms with Crippen LogP contribution in [0.2, 0.25) is 0 Å². The number of para-hydroxylation sites is 1. The molecule has 1 fully saturated rings. The van der Waals surface area contributed by atoms with Gasteiger partial charge in [0.2, 0.25) is 6.10 Å². The Bertz CT molecular complexity index is 1130. The number of esters is 1. The molecule has 0 saturated carbocycles. The third-order valence-corrected chi connectivity index (χ3v) is 5.48. The van der Waals surface area contributed by atoms with E-state index in [4.69, 9.17) is 18.9 Å². The first kappa shape index (κ1) is 22.2. The van der Waals surface area contributed by atoms with Gasteiger partial charge in [0.05, 0.1) is 26.4 Å². The molecule has 170 valence electrons. The van der Waals surface area contributed by atoms with Crippen molar-refractivity contribution < 1.29 is 28.5 Å². The second-order valence-electron chi connectivity index (χ2n) is 7.38. The smallest absolute Gasteiger partial charge is 0.338 e. The van der Waals surface area contributed by atoms with Crippen molar-refractivity contribution in [2.75, 3.05) is 25.7 Å². The van der Waals surface area contributed by atoms with Crippen molar-refractivity contribution in [2.24, 2.45) is 0 Å². The first-order valence-electron chi connectivity index (χ1n) is 10.6. The van der Waals surface area contributed by atoms with Crippen LogP contribution in [-0.2, 0) is 9.53 Å². The molecule has 0 aliphatic carbocycles. The molecule has 2 atom stereocenters. The Morgan fingerprint density at radius 2 is 1.55 bits per heavy atom. The quantitative estimate of drug-likeness (QED) is 0.376. The first-order valence-corrected chi connectivity index (χ1v) is 10.6. The molecule has 1 aliphatic heterocycles. The summed E-state index contributed by atoms with van der Waals surface area (Å²) in [6, 6.07) is 21.0. The number of nitrogens with zero attached hydrogens (tertiary/aromatic N) is 1. The lowest BCUT2D eigenvalue weighted by Gasteiger charge is -2.47. The molecule has 1 aliphatic rings. The van der Waals surface area contributed by atoms with Gasteiger partial charge >= 0.3 is 5.97 Å². The molecular weight excluding hydrogens is 422 g/mol. The average molecular weight is 447 g/mol. The molecule has 1 amide bonds. The number of β-lactam (4-membered cyclic amide) rings is 1. The zero-order valence-corrected chi connectivity index (χ0v) is 18.7. The molecule has 0 unspecified atom stereocenters. The average Bonchev–Trinajstić information content (AvgIpc) is 2.86. The summed E-state index contributed by atoms with van der Waals surface area (Å²) in [5, 5.41) is 0. The maximum atomic E-state index is 13.2. The molecule has 3 aromatic carbocycles. The molecule has 0 bridgehead atoms. The van der Waals surface area contributed by atoms with Crippen LogP contribution in [0.5, 0.6) is 17.2 Å². The topological polar surface area (TPSA) is 74.3 Å². The largest absolute Gasteiger partial charge is 0.497 e. The van der Waals surface area contributed by atoms with E-state index in [2.05, 4.69) is 0 Å². The maximum Gasteiger partial charge on any atom is 0.338 e. The molecule has 0 spiro atoms. The standard InChI is InChI=1S/C26H25NO6/c1-4-32-26(29)17-9-11-18(12-10-17)27-23(21-7-5-6-8-22(21)31-3)24(25(27)28)33-20-15-13-19(30-2)14-16-20/h5-16,23-24H,4H2,1-3H3/t23-,24+/m1/s1. The fourth-order valence-corrected chi connectivity index (χ4v) is 3.85. The molecule has 4 rings (SSSR count). The number of ether oxygens (including phenoxy) is 4. The van der Waals surface area contributed by atoms with Crippen LogP contribution in [0.25, 0.3) is 0 Å². The van der Waals surface area contributed by atoms with Crippen LogP contribution in [0.4, 0.5) is 5.69 Å². The van der Waals surface area contributed by atoms with Gasteiger partial charge in [-0.05, 0) is 61.5 Å². The maximum absolute atomic E-state index is 13.2. The summed E-state index contributed by atoms with van der Waals surface area (Å²) in [6.45, 7) is 2.05. The van der Waals surface area contributed by atoms with E-state index in [1.54, 1.807) is 74.6 Å². The first-order chi connectivity index (χ1) is 16.1. The van der Waals surface area contributed by atoms with E-state index in [1.807, 2.05) is 24.3 Å². The van der Waals surface area contributed by atoms with Gasteiger partial charge in [0.1, 0.15) is 23.3 Å². The van der Waals surface area contributed by atoms with Gasteiger partial charge in [-0.3, -0.25) is 9.69 Å². The fraction of sp³-hybridized carbons (Fsp3) is 0.231. The van der Waals surface area contributed by atoms with Crippen molar-refractivity contribution in [2.45, 2.75) is 19.1 Å². The predicted molar refractivity (Wildman–Crippen MR) is 123 cm³/mol. The van der Waals surface area contributed by atoms with E-state index < -0.39 is 18.1 Å². The predicted octanol–water partition coefficient (Wildman–Crippen LogP) is 4.42. The molecular formula is C26H25NO6. The minimum atomic E-state index is -0.737. The number of benzene rings is 3. The lowest BCUT2D eigenvalue weighted by Crippen LogP contribution is -2.61. The highest BCUT2D eigenvalue weighted by molar-refractivity contribution is 6.05. The molecule has 3 aromatic rings. The number of hydrogen-bond donors (Lipinski definition) is 0. The molecule has 7 nitrogen and oxygen atoms in total. The number of amides is 1. The van der Waals surface area contributed by atoms with Gasteiger partial charge in [-0.2, -0.15) is 0 Å². The van der Waals surface area contributed by atoms with Gasteiger partial charge < -0.3 is 18.9 Å². The summed E-state index contributed by atoms with van der Waals surface area (Å²) >= 11 is 0. The zero-order valence-electron chi connectivity index (χ0n) is 18.7. The minimum absolute atomic E-state index is 0.189. The lowest BCUT2D eigenvalue weighted by atomic mass is 9.89. The van der Waals surface area contributed by atoms with E-state index in [1.165, 1.54) is 0 Å². The second kappa shape index (κ2) is 9.65. The van der Waals surface area contributed by atoms with Gasteiger partial charge in [0.15, 0.2) is 0 Å². The molecule has 1 saturated heterocycles. The van der Waals surface area contributed by atoms with Crippen LogP contribution in [0.3, 0.4) is 0 Å². The van der Waals surface area contributed by atoms with Gasteiger partial charge in [0, 0.05) is 11.3 Å². The number of rotatable bonds is 8. The monoisotopic (exact) mass is 447 g/mol. The highest BCUT2D eigenvalue weighted by Gasteiger charge is 2.52. The highest BCUT2D eigenvalue weighted by atomic mass is 16.5. The SMILES string of the molecule is CCOC(=O)c1ccc(N2C(=O)[C@@H](Oc3ccc(OC)cc3)[C@H]2c2ccccc2OC)cc1. The Kier molecular flexibility index (Phi) is 6.49. The molecule has 7 heteroatoms. The molecule has 0 radical (unpaired) electrons. The van der Waals surface area contributed by atoms with Crippen molar-refractivity contribution in [3.8, 4) is 17.2 Å². The zero-order chi connectivity index (χ0) is 23.4. The normalized spacial score (nSPS) is 17.2. The Hall–Kier alpha value is -4.00. The number of methoxy groups -OCH3 is 2. The van der Waals surface area contributed by atoms with Crippen LogP contribution in [0.1, 0.15) is 28.9 Å². The summed E-state index contributed by atoms with van der Waals surface area (Å²) in [6.07, 6.45) is -0.737. The van der Waals surface area contributed by atoms with Crippen molar-refractivity contribution in [3.05, 3.63) is 83.9 Å². The van der Waals surface area contributed by atoms with Crippen molar-refractivity contribution in [1.29, 1.82) is 0 Å². The Balaban J connectivity index is 1.66. The molecule has 1 heterocycles. The number of carbonyl (C=O) groups is 2. The Morgan fingerprint density at radius 3 is 2.18 bits per heavy atom. The van der Waals surface area contributed by atoms with E-state index in [0.29, 0.717) is 35.1 Å². The van der Waals surface area contributed by atoms with E-state index >= 15 is 0 Å². The van der Waals surface area contributed by atoms with Crippen molar-refractivity contribution >= 4 is 17.6 Å².